The minimum absolute atomic E-state index is 0.112. The lowest BCUT2D eigenvalue weighted by Crippen LogP contribution is -2.39. The Morgan fingerprint density at radius 1 is 1.25 bits per heavy atom. The van der Waals surface area contributed by atoms with Crippen LogP contribution in [0.5, 0.6) is 0 Å². The van der Waals surface area contributed by atoms with Crippen molar-refractivity contribution in [3.8, 4) is 0 Å². The normalized spacial score (nSPS) is 17.9. The molecule has 2 aromatic heterocycles. The minimum atomic E-state index is -4.09. The number of piperidine rings is 1. The number of anilines is 1. The number of halogens is 4. The van der Waals surface area contributed by atoms with Crippen LogP contribution in [0.2, 0.25) is 0 Å². The second-order valence-corrected chi connectivity index (χ2v) is 5.73. The second-order valence-electron chi connectivity index (χ2n) is 4.88. The van der Waals surface area contributed by atoms with Crippen LogP contribution in [0, 0.1) is 5.92 Å². The van der Waals surface area contributed by atoms with E-state index in [1.54, 1.807) is 0 Å². The number of nitrogens with zero attached hydrogens (tertiary/aromatic N) is 3. The summed E-state index contributed by atoms with van der Waals surface area (Å²) >= 11 is 3.33. The van der Waals surface area contributed by atoms with E-state index in [9.17, 15) is 13.2 Å². The number of H-pyrrole nitrogens is 1. The number of fused-ring (bicyclic) bond motifs is 1. The predicted octanol–water partition coefficient (Wildman–Crippen LogP) is 3.50. The van der Waals surface area contributed by atoms with Gasteiger partial charge in [-0.3, -0.25) is 0 Å². The summed E-state index contributed by atoms with van der Waals surface area (Å²) in [5, 5.41) is 0.824. The van der Waals surface area contributed by atoms with Crippen LogP contribution < -0.4 is 4.90 Å². The number of nitrogens with one attached hydrogen (secondary N) is 1. The Balaban J connectivity index is 1.83. The first-order chi connectivity index (χ1) is 9.45. The quantitative estimate of drug-likeness (QED) is 0.857. The molecule has 1 fully saturated rings. The molecule has 1 aliphatic heterocycles. The number of hydrogen-bond acceptors (Lipinski definition) is 3. The van der Waals surface area contributed by atoms with Crippen molar-refractivity contribution in [1.82, 2.24) is 15.0 Å². The third kappa shape index (κ3) is 2.48. The predicted molar refractivity (Wildman–Crippen MR) is 72.6 cm³/mol. The highest BCUT2D eigenvalue weighted by Gasteiger charge is 2.41. The van der Waals surface area contributed by atoms with Crippen LogP contribution in [0.15, 0.2) is 17.0 Å². The summed E-state index contributed by atoms with van der Waals surface area (Å²) in [6, 6.07) is 1.85. The van der Waals surface area contributed by atoms with Crippen LogP contribution in [0.3, 0.4) is 0 Å². The first-order valence-corrected chi connectivity index (χ1v) is 7.05. The summed E-state index contributed by atoms with van der Waals surface area (Å²) in [5.74, 6) is -0.508. The smallest absolute Gasteiger partial charge is 0.356 e. The zero-order chi connectivity index (χ0) is 14.3. The highest BCUT2D eigenvalue weighted by Crippen LogP contribution is 2.36. The van der Waals surface area contributed by atoms with Gasteiger partial charge in [0, 0.05) is 13.1 Å². The van der Waals surface area contributed by atoms with Crippen LogP contribution in [-0.2, 0) is 0 Å². The van der Waals surface area contributed by atoms with E-state index in [1.165, 1.54) is 6.33 Å². The Hall–Kier alpha value is -1.31. The molecule has 20 heavy (non-hydrogen) atoms. The van der Waals surface area contributed by atoms with E-state index in [2.05, 4.69) is 30.9 Å². The molecule has 3 rings (SSSR count). The molecule has 0 saturated carbocycles. The highest BCUT2D eigenvalue weighted by atomic mass is 79.9. The van der Waals surface area contributed by atoms with Gasteiger partial charge in [-0.1, -0.05) is 0 Å². The van der Waals surface area contributed by atoms with E-state index in [0.717, 1.165) is 9.99 Å². The molecule has 0 amide bonds. The van der Waals surface area contributed by atoms with Crippen molar-refractivity contribution < 1.29 is 13.2 Å². The lowest BCUT2D eigenvalue weighted by molar-refractivity contribution is -0.179. The fourth-order valence-corrected chi connectivity index (χ4v) is 2.98. The summed E-state index contributed by atoms with van der Waals surface area (Å²) in [6.07, 6.45) is -2.44. The Kier molecular flexibility index (Phi) is 3.35. The van der Waals surface area contributed by atoms with Crippen molar-refractivity contribution in [2.75, 3.05) is 18.0 Å². The lowest BCUT2D eigenvalue weighted by atomic mass is 9.96. The highest BCUT2D eigenvalue weighted by molar-refractivity contribution is 9.10. The van der Waals surface area contributed by atoms with Gasteiger partial charge in [0.25, 0.3) is 0 Å². The molecule has 2 aromatic rings. The van der Waals surface area contributed by atoms with Gasteiger partial charge in [0.15, 0.2) is 0 Å². The second kappa shape index (κ2) is 4.91. The number of hydrogen-bond donors (Lipinski definition) is 1. The minimum Gasteiger partial charge on any atom is -0.356 e. The van der Waals surface area contributed by atoms with Crippen molar-refractivity contribution >= 4 is 32.8 Å². The fourth-order valence-electron chi connectivity index (χ4n) is 2.57. The van der Waals surface area contributed by atoms with Gasteiger partial charge in [-0.15, -0.1) is 0 Å². The number of aromatic nitrogens is 3. The zero-order valence-electron chi connectivity index (χ0n) is 10.4. The molecular formula is C12H12BrF3N4. The molecule has 1 aliphatic rings. The Morgan fingerprint density at radius 3 is 2.60 bits per heavy atom. The molecule has 108 valence electrons. The Morgan fingerprint density at radius 2 is 1.95 bits per heavy atom. The van der Waals surface area contributed by atoms with Gasteiger partial charge in [0.1, 0.15) is 17.8 Å². The maximum absolute atomic E-state index is 12.7. The lowest BCUT2D eigenvalue weighted by Gasteiger charge is -2.33. The van der Waals surface area contributed by atoms with Crippen LogP contribution in [0.1, 0.15) is 12.8 Å². The van der Waals surface area contributed by atoms with Crippen LogP contribution in [0.25, 0.3) is 11.0 Å². The van der Waals surface area contributed by atoms with Gasteiger partial charge >= 0.3 is 6.18 Å². The largest absolute Gasteiger partial charge is 0.391 e. The zero-order valence-corrected chi connectivity index (χ0v) is 12.0. The van der Waals surface area contributed by atoms with Crippen molar-refractivity contribution in [3.05, 3.63) is 17.0 Å². The van der Waals surface area contributed by atoms with Gasteiger partial charge in [0.2, 0.25) is 0 Å². The first kappa shape index (κ1) is 13.7. The SMILES string of the molecule is FC(F)(F)C1CCN(c2ncnc3[nH]c(Br)cc23)CC1. The van der Waals surface area contributed by atoms with Gasteiger partial charge < -0.3 is 9.88 Å². The average Bonchev–Trinajstić information content (AvgIpc) is 2.78. The van der Waals surface area contributed by atoms with Crippen LogP contribution in [0.4, 0.5) is 19.0 Å². The van der Waals surface area contributed by atoms with E-state index >= 15 is 0 Å². The van der Waals surface area contributed by atoms with Crippen molar-refractivity contribution in [2.24, 2.45) is 5.92 Å². The van der Waals surface area contributed by atoms with Crippen molar-refractivity contribution in [3.63, 3.8) is 0 Å². The number of aromatic amines is 1. The molecule has 0 unspecified atom stereocenters. The molecule has 0 aromatic carbocycles. The monoisotopic (exact) mass is 348 g/mol. The molecule has 0 radical (unpaired) electrons. The molecular weight excluding hydrogens is 337 g/mol. The fraction of sp³-hybridized carbons (Fsp3) is 0.500. The van der Waals surface area contributed by atoms with Crippen LogP contribution >= 0.6 is 15.9 Å². The average molecular weight is 349 g/mol. The molecule has 1 N–H and O–H groups in total. The first-order valence-electron chi connectivity index (χ1n) is 6.26. The summed E-state index contributed by atoms with van der Waals surface area (Å²) in [5.41, 5.74) is 0.680. The van der Waals surface area contributed by atoms with Crippen LogP contribution in [-0.4, -0.2) is 34.2 Å². The summed E-state index contributed by atoms with van der Waals surface area (Å²) < 4.78 is 38.8. The number of alkyl halides is 3. The van der Waals surface area contributed by atoms with E-state index in [0.29, 0.717) is 24.6 Å². The molecule has 0 bridgehead atoms. The molecule has 8 heteroatoms. The van der Waals surface area contributed by atoms with Crippen molar-refractivity contribution in [1.29, 1.82) is 0 Å². The summed E-state index contributed by atoms with van der Waals surface area (Å²) in [6.45, 7) is 0.720. The standard InChI is InChI=1S/C12H12BrF3N4/c13-9-5-8-10(19-9)17-6-18-11(8)20-3-1-7(2-4-20)12(14,15)16/h5-7H,1-4H2,(H,17,18,19). The third-order valence-corrected chi connectivity index (χ3v) is 4.06. The maximum Gasteiger partial charge on any atom is 0.391 e. The molecule has 3 heterocycles. The molecule has 0 aliphatic carbocycles. The molecule has 4 nitrogen and oxygen atoms in total. The Bertz CT molecular complexity index is 617. The Labute approximate surface area is 121 Å². The third-order valence-electron chi connectivity index (χ3n) is 3.63. The van der Waals surface area contributed by atoms with E-state index in [-0.39, 0.29) is 12.8 Å². The van der Waals surface area contributed by atoms with E-state index < -0.39 is 12.1 Å². The molecule has 1 saturated heterocycles. The van der Waals surface area contributed by atoms with Gasteiger partial charge in [-0.05, 0) is 34.8 Å². The van der Waals surface area contributed by atoms with Gasteiger partial charge in [-0.25, -0.2) is 9.97 Å². The van der Waals surface area contributed by atoms with Crippen molar-refractivity contribution in [2.45, 2.75) is 19.0 Å². The van der Waals surface area contributed by atoms with E-state index in [4.69, 9.17) is 0 Å². The topological polar surface area (TPSA) is 44.8 Å². The van der Waals surface area contributed by atoms with Gasteiger partial charge in [-0.2, -0.15) is 13.2 Å². The van der Waals surface area contributed by atoms with Gasteiger partial charge in [0.05, 0.1) is 15.9 Å². The number of rotatable bonds is 1. The summed E-state index contributed by atoms with van der Waals surface area (Å²) in [4.78, 5) is 13.3. The van der Waals surface area contributed by atoms with E-state index in [1.807, 2.05) is 11.0 Å². The molecule has 0 spiro atoms. The molecule has 0 atom stereocenters. The maximum atomic E-state index is 12.7. The summed E-state index contributed by atoms with van der Waals surface area (Å²) in [7, 11) is 0.